The number of amides is 1. The highest BCUT2D eigenvalue weighted by Crippen LogP contribution is 2.25. The van der Waals surface area contributed by atoms with Crippen molar-refractivity contribution < 1.29 is 4.79 Å². The van der Waals surface area contributed by atoms with Crippen molar-refractivity contribution in [1.82, 2.24) is 14.9 Å². The van der Waals surface area contributed by atoms with Crippen molar-refractivity contribution in [2.75, 3.05) is 7.05 Å². The normalized spacial score (nSPS) is 11.0. The average Bonchev–Trinajstić information content (AvgIpc) is 3.24. The minimum Gasteiger partial charge on any atom is -0.334 e. The monoisotopic (exact) mass is 393 g/mol. The Kier molecular flexibility index (Phi) is 5.01. The maximum Gasteiger partial charge on any atom is 0.265 e. The van der Waals surface area contributed by atoms with Gasteiger partial charge in [0.05, 0.1) is 27.5 Å². The van der Waals surface area contributed by atoms with Gasteiger partial charge in [-0.05, 0) is 24.6 Å². The first kappa shape index (κ1) is 17.8. The zero-order valence-electron chi connectivity index (χ0n) is 15.2. The highest BCUT2D eigenvalue weighted by molar-refractivity contribution is 7.18. The van der Waals surface area contributed by atoms with E-state index in [9.17, 15) is 4.79 Å². The number of carbonyl (C=O) groups excluding carboxylic acids is 1. The molecule has 0 atom stereocenters. The number of aromatic nitrogens is 2. The van der Waals surface area contributed by atoms with Gasteiger partial charge < -0.3 is 4.90 Å². The zero-order valence-corrected chi connectivity index (χ0v) is 16.8. The summed E-state index contributed by atoms with van der Waals surface area (Å²) in [6.45, 7) is 2.41. The number of nitrogens with zero attached hydrogens (tertiary/aromatic N) is 3. The molecule has 27 heavy (non-hydrogen) atoms. The van der Waals surface area contributed by atoms with Crippen LogP contribution in [0.25, 0.3) is 10.2 Å². The molecule has 0 N–H and O–H groups in total. The van der Waals surface area contributed by atoms with Crippen molar-refractivity contribution in [3.8, 4) is 0 Å². The van der Waals surface area contributed by atoms with Gasteiger partial charge in [-0.2, -0.15) is 0 Å². The molecule has 4 rings (SSSR count). The number of rotatable bonds is 5. The van der Waals surface area contributed by atoms with E-state index in [0.29, 0.717) is 11.4 Å². The number of para-hydroxylation sites is 1. The summed E-state index contributed by atoms with van der Waals surface area (Å²) in [6, 6.07) is 18.3. The number of hydrogen-bond acceptors (Lipinski definition) is 5. The van der Waals surface area contributed by atoms with Gasteiger partial charge in [-0.1, -0.05) is 42.5 Å². The van der Waals surface area contributed by atoms with Crippen molar-refractivity contribution in [2.45, 2.75) is 19.9 Å². The van der Waals surface area contributed by atoms with Gasteiger partial charge in [0.15, 0.2) is 0 Å². The molecule has 0 saturated heterocycles. The van der Waals surface area contributed by atoms with Crippen molar-refractivity contribution >= 4 is 38.8 Å². The van der Waals surface area contributed by atoms with Gasteiger partial charge in [0.25, 0.3) is 5.91 Å². The van der Waals surface area contributed by atoms with Crippen LogP contribution in [0.3, 0.4) is 0 Å². The number of aryl methyl sites for hydroxylation is 1. The van der Waals surface area contributed by atoms with Crippen molar-refractivity contribution in [3.63, 3.8) is 0 Å². The lowest BCUT2D eigenvalue weighted by molar-refractivity contribution is 0.0789. The van der Waals surface area contributed by atoms with Crippen molar-refractivity contribution in [2.24, 2.45) is 0 Å². The molecule has 0 spiro atoms. The van der Waals surface area contributed by atoms with E-state index in [1.54, 1.807) is 16.2 Å². The van der Waals surface area contributed by atoms with E-state index in [1.165, 1.54) is 16.9 Å². The van der Waals surface area contributed by atoms with Gasteiger partial charge >= 0.3 is 0 Å². The second kappa shape index (κ2) is 7.58. The minimum atomic E-state index is 0.00330. The highest BCUT2D eigenvalue weighted by atomic mass is 32.1. The number of thiazole rings is 2. The van der Waals surface area contributed by atoms with Gasteiger partial charge in [0, 0.05) is 13.5 Å². The highest BCUT2D eigenvalue weighted by Gasteiger charge is 2.20. The van der Waals surface area contributed by atoms with Crippen molar-refractivity contribution in [3.05, 3.63) is 80.7 Å². The summed E-state index contributed by atoms with van der Waals surface area (Å²) in [7, 11) is 1.82. The molecule has 6 heteroatoms. The Labute approximate surface area is 166 Å². The van der Waals surface area contributed by atoms with Gasteiger partial charge in [-0.3, -0.25) is 4.79 Å². The fraction of sp³-hybridized carbons (Fsp3) is 0.190. The van der Waals surface area contributed by atoms with E-state index in [-0.39, 0.29) is 5.91 Å². The van der Waals surface area contributed by atoms with Gasteiger partial charge in [0.1, 0.15) is 9.88 Å². The van der Waals surface area contributed by atoms with Gasteiger partial charge in [-0.25, -0.2) is 9.97 Å². The molecule has 4 aromatic rings. The van der Waals surface area contributed by atoms with Crippen LogP contribution in [0, 0.1) is 6.92 Å². The molecule has 0 aliphatic carbocycles. The first-order valence-corrected chi connectivity index (χ1v) is 10.3. The molecule has 0 saturated carbocycles. The van der Waals surface area contributed by atoms with E-state index in [0.717, 1.165) is 32.3 Å². The van der Waals surface area contributed by atoms with Gasteiger partial charge in [-0.15, -0.1) is 22.7 Å². The maximum absolute atomic E-state index is 12.9. The number of hydrogen-bond donors (Lipinski definition) is 0. The molecule has 0 radical (unpaired) electrons. The molecular formula is C21H19N3OS2. The van der Waals surface area contributed by atoms with Crippen LogP contribution in [0.2, 0.25) is 0 Å². The van der Waals surface area contributed by atoms with Crippen LogP contribution in [0.1, 0.15) is 30.9 Å². The lowest BCUT2D eigenvalue weighted by Gasteiger charge is -2.14. The summed E-state index contributed by atoms with van der Waals surface area (Å²) in [4.78, 5) is 24.6. The molecule has 0 unspecified atom stereocenters. The lowest BCUT2D eigenvalue weighted by atomic mass is 10.2. The summed E-state index contributed by atoms with van der Waals surface area (Å²) < 4.78 is 1.15. The quantitative estimate of drug-likeness (QED) is 0.483. The average molecular weight is 394 g/mol. The summed E-state index contributed by atoms with van der Waals surface area (Å²) >= 11 is 3.12. The molecule has 2 aromatic heterocycles. The minimum absolute atomic E-state index is 0.00330. The summed E-state index contributed by atoms with van der Waals surface area (Å²) in [5.74, 6) is 0.00330. The second-order valence-corrected chi connectivity index (χ2v) is 8.62. The van der Waals surface area contributed by atoms with Crippen LogP contribution < -0.4 is 0 Å². The number of benzene rings is 2. The predicted octanol–water partition coefficient (Wildman–Crippen LogP) is 4.92. The first-order chi connectivity index (χ1) is 13.1. The maximum atomic E-state index is 12.9. The molecule has 136 valence electrons. The summed E-state index contributed by atoms with van der Waals surface area (Å²) in [6.07, 6.45) is 0.751. The molecular weight excluding hydrogens is 374 g/mol. The van der Waals surface area contributed by atoms with Gasteiger partial charge in [0.2, 0.25) is 0 Å². The molecule has 0 aliphatic heterocycles. The SMILES string of the molecule is Cc1nc(Cc2ccccc2)sc1C(=O)N(C)Cc1nc2ccccc2s1. The Hall–Kier alpha value is -2.57. The van der Waals surface area contributed by atoms with E-state index in [4.69, 9.17) is 0 Å². The molecule has 4 nitrogen and oxygen atoms in total. The third-order valence-electron chi connectivity index (χ3n) is 4.29. The molecule has 0 aliphatic rings. The Morgan fingerprint density at radius 1 is 0.963 bits per heavy atom. The Morgan fingerprint density at radius 2 is 1.70 bits per heavy atom. The Bertz CT molecular complexity index is 1050. The summed E-state index contributed by atoms with van der Waals surface area (Å²) in [5.41, 5.74) is 2.98. The zero-order chi connectivity index (χ0) is 18.8. The predicted molar refractivity (Wildman–Crippen MR) is 112 cm³/mol. The molecule has 0 fully saturated rings. The molecule has 0 bridgehead atoms. The fourth-order valence-electron chi connectivity index (χ4n) is 2.93. The van der Waals surface area contributed by atoms with Crippen LogP contribution in [0.15, 0.2) is 54.6 Å². The number of carbonyl (C=O) groups is 1. The Balaban J connectivity index is 1.49. The van der Waals surface area contributed by atoms with E-state index < -0.39 is 0 Å². The first-order valence-electron chi connectivity index (χ1n) is 8.70. The number of fused-ring (bicyclic) bond motifs is 1. The van der Waals surface area contributed by atoms with Crippen LogP contribution in [0.4, 0.5) is 0 Å². The Morgan fingerprint density at radius 3 is 2.48 bits per heavy atom. The topological polar surface area (TPSA) is 46.1 Å². The second-order valence-electron chi connectivity index (χ2n) is 6.42. The van der Waals surface area contributed by atoms with E-state index >= 15 is 0 Å². The van der Waals surface area contributed by atoms with E-state index in [1.807, 2.05) is 50.4 Å². The third-order valence-corrected chi connectivity index (χ3v) is 6.46. The smallest absolute Gasteiger partial charge is 0.265 e. The largest absolute Gasteiger partial charge is 0.334 e. The van der Waals surface area contributed by atoms with E-state index in [2.05, 4.69) is 28.2 Å². The molecule has 2 heterocycles. The molecule has 1 amide bonds. The third kappa shape index (κ3) is 3.91. The lowest BCUT2D eigenvalue weighted by Crippen LogP contribution is -2.25. The standard InChI is InChI=1S/C21H19N3OS2/c1-14-20(27-18(22-14)12-15-8-4-3-5-9-15)21(25)24(2)13-19-23-16-10-6-7-11-17(16)26-19/h3-11H,12-13H2,1-2H3. The fourth-order valence-corrected chi connectivity index (χ4v) is 5.05. The van der Waals surface area contributed by atoms with Crippen molar-refractivity contribution in [1.29, 1.82) is 0 Å². The van der Waals surface area contributed by atoms with Crippen LogP contribution >= 0.6 is 22.7 Å². The van der Waals surface area contributed by atoms with Crippen LogP contribution in [-0.2, 0) is 13.0 Å². The van der Waals surface area contributed by atoms with Crippen LogP contribution in [0.5, 0.6) is 0 Å². The molecule has 2 aromatic carbocycles. The van der Waals surface area contributed by atoms with Crippen LogP contribution in [-0.4, -0.2) is 27.8 Å². The summed E-state index contributed by atoms with van der Waals surface area (Å²) in [5, 5.41) is 1.91.